The summed E-state index contributed by atoms with van der Waals surface area (Å²) in [5.74, 6) is 2.00. The van der Waals surface area contributed by atoms with Gasteiger partial charge in [0.25, 0.3) is 0 Å². The minimum atomic E-state index is -0.114. The van der Waals surface area contributed by atoms with Gasteiger partial charge < -0.3 is 19.5 Å². The lowest BCUT2D eigenvalue weighted by Gasteiger charge is -2.30. The number of amides is 2. The quantitative estimate of drug-likeness (QED) is 0.642. The fraction of sp³-hybridized carbons (Fsp3) is 0.526. The van der Waals surface area contributed by atoms with Crippen LogP contribution in [0.3, 0.4) is 0 Å². The van der Waals surface area contributed by atoms with Crippen molar-refractivity contribution in [1.82, 2.24) is 29.2 Å². The molecule has 5 rings (SSSR count). The van der Waals surface area contributed by atoms with Crippen molar-refractivity contribution in [1.29, 1.82) is 0 Å². The molecule has 11 heteroatoms. The molecule has 0 aromatic carbocycles. The molecule has 0 bridgehead atoms. The van der Waals surface area contributed by atoms with Crippen LogP contribution in [0.4, 0.5) is 15.7 Å². The SMILES string of the molecule is CCN(c1ncnc2[nH]ccc12)C1CC2CN(C(=O)Nc3nc(OC)ns3)C[C@@H]2C1. The zero-order valence-corrected chi connectivity index (χ0v) is 17.7. The molecule has 1 aliphatic heterocycles. The van der Waals surface area contributed by atoms with Crippen LogP contribution in [0.15, 0.2) is 18.6 Å². The van der Waals surface area contributed by atoms with Crippen molar-refractivity contribution in [2.75, 3.05) is 37.0 Å². The summed E-state index contributed by atoms with van der Waals surface area (Å²) in [6.45, 7) is 4.60. The van der Waals surface area contributed by atoms with Gasteiger partial charge in [0, 0.05) is 43.4 Å². The lowest BCUT2D eigenvalue weighted by molar-refractivity contribution is 0.218. The summed E-state index contributed by atoms with van der Waals surface area (Å²) < 4.78 is 8.99. The number of hydrogen-bond donors (Lipinski definition) is 2. The number of ether oxygens (including phenoxy) is 1. The van der Waals surface area contributed by atoms with Crippen LogP contribution in [0.25, 0.3) is 11.0 Å². The number of fused-ring (bicyclic) bond motifs is 2. The van der Waals surface area contributed by atoms with E-state index in [1.165, 1.54) is 7.11 Å². The summed E-state index contributed by atoms with van der Waals surface area (Å²) in [5.41, 5.74) is 0.868. The molecule has 0 spiro atoms. The predicted octanol–water partition coefficient (Wildman–Crippen LogP) is 2.59. The van der Waals surface area contributed by atoms with E-state index in [4.69, 9.17) is 4.74 Å². The van der Waals surface area contributed by atoms with Gasteiger partial charge in [-0.2, -0.15) is 4.98 Å². The second-order valence-electron chi connectivity index (χ2n) is 7.79. The summed E-state index contributed by atoms with van der Waals surface area (Å²) in [6.07, 6.45) is 5.65. The minimum absolute atomic E-state index is 0.114. The van der Waals surface area contributed by atoms with Crippen LogP contribution in [0.1, 0.15) is 19.8 Å². The number of aromatic nitrogens is 5. The molecule has 2 aliphatic rings. The zero-order chi connectivity index (χ0) is 20.7. The molecule has 3 atom stereocenters. The van der Waals surface area contributed by atoms with E-state index in [0.717, 1.165) is 60.9 Å². The van der Waals surface area contributed by atoms with Crippen LogP contribution in [-0.2, 0) is 0 Å². The van der Waals surface area contributed by atoms with E-state index < -0.39 is 0 Å². The molecule has 2 fully saturated rings. The Bertz CT molecular complexity index is 1040. The van der Waals surface area contributed by atoms with Crippen molar-refractivity contribution in [2.45, 2.75) is 25.8 Å². The largest absolute Gasteiger partial charge is 0.466 e. The van der Waals surface area contributed by atoms with Gasteiger partial charge in [-0.3, -0.25) is 5.32 Å². The van der Waals surface area contributed by atoms with E-state index >= 15 is 0 Å². The number of carbonyl (C=O) groups is 1. The molecule has 1 saturated heterocycles. The number of rotatable bonds is 5. The summed E-state index contributed by atoms with van der Waals surface area (Å²) >= 11 is 1.12. The van der Waals surface area contributed by atoms with E-state index in [2.05, 4.69) is 41.4 Å². The van der Waals surface area contributed by atoms with Gasteiger partial charge in [-0.1, -0.05) is 0 Å². The van der Waals surface area contributed by atoms with Gasteiger partial charge >= 0.3 is 12.0 Å². The van der Waals surface area contributed by atoms with E-state index in [0.29, 0.717) is 23.0 Å². The molecule has 3 aromatic heterocycles. The first-order valence-corrected chi connectivity index (χ1v) is 10.9. The number of urea groups is 1. The van der Waals surface area contributed by atoms with Gasteiger partial charge in [0.2, 0.25) is 5.13 Å². The van der Waals surface area contributed by atoms with Crippen molar-refractivity contribution in [3.63, 3.8) is 0 Å². The van der Waals surface area contributed by atoms with Crippen molar-refractivity contribution in [2.24, 2.45) is 11.8 Å². The molecule has 4 heterocycles. The first-order chi connectivity index (χ1) is 14.7. The Morgan fingerprint density at radius 1 is 1.37 bits per heavy atom. The highest BCUT2D eigenvalue weighted by molar-refractivity contribution is 7.10. The van der Waals surface area contributed by atoms with E-state index in [9.17, 15) is 4.79 Å². The third-order valence-corrected chi connectivity index (χ3v) is 6.82. The average molecular weight is 429 g/mol. The lowest BCUT2D eigenvalue weighted by atomic mass is 10.0. The Hall–Kier alpha value is -2.95. The second kappa shape index (κ2) is 7.71. The lowest BCUT2D eigenvalue weighted by Crippen LogP contribution is -2.38. The Kier molecular flexibility index (Phi) is 4.89. The number of methoxy groups -OCH3 is 1. The van der Waals surface area contributed by atoms with Crippen molar-refractivity contribution >= 4 is 39.5 Å². The van der Waals surface area contributed by atoms with Crippen LogP contribution >= 0.6 is 11.5 Å². The maximum Gasteiger partial charge on any atom is 0.329 e. The molecular formula is C19H24N8O2S. The maximum absolute atomic E-state index is 12.6. The first kappa shape index (κ1) is 19.0. The zero-order valence-electron chi connectivity index (χ0n) is 16.9. The average Bonchev–Trinajstić information content (AvgIpc) is 3.51. The van der Waals surface area contributed by atoms with Gasteiger partial charge in [0.05, 0.1) is 12.5 Å². The van der Waals surface area contributed by atoms with Crippen LogP contribution in [0.2, 0.25) is 0 Å². The fourth-order valence-electron chi connectivity index (χ4n) is 4.87. The van der Waals surface area contributed by atoms with Crippen molar-refractivity contribution in [3.05, 3.63) is 18.6 Å². The third kappa shape index (κ3) is 3.32. The standard InChI is InChI=1S/C19H24N8O2S/c1-3-27(16-14-4-5-20-15(14)21-10-22-16)13-6-11-8-26(9-12(11)7-13)19(28)24-18-23-17(29-2)25-30-18/h4-5,10-13H,3,6-9H2,1-2H3,(H,20,21,22)(H,23,24,25,28)/t11-,12?,13?/m0/s1. The van der Waals surface area contributed by atoms with Gasteiger partial charge in [-0.15, -0.1) is 4.37 Å². The monoisotopic (exact) mass is 428 g/mol. The Labute approximate surface area is 177 Å². The summed E-state index contributed by atoms with van der Waals surface area (Å²) in [6, 6.07) is 2.63. The van der Waals surface area contributed by atoms with Crippen LogP contribution in [0, 0.1) is 11.8 Å². The molecule has 158 valence electrons. The Balaban J connectivity index is 1.24. The number of likely N-dealkylation sites (tertiary alicyclic amines) is 1. The summed E-state index contributed by atoms with van der Waals surface area (Å²) in [5, 5.41) is 4.36. The number of hydrogen-bond acceptors (Lipinski definition) is 8. The van der Waals surface area contributed by atoms with E-state index in [1.54, 1.807) is 6.33 Å². The maximum atomic E-state index is 12.6. The second-order valence-corrected chi connectivity index (χ2v) is 8.54. The van der Waals surface area contributed by atoms with Gasteiger partial charge in [-0.25, -0.2) is 14.8 Å². The number of anilines is 2. The number of H-pyrrole nitrogens is 1. The molecule has 2 unspecified atom stereocenters. The Morgan fingerprint density at radius 3 is 2.87 bits per heavy atom. The van der Waals surface area contributed by atoms with Gasteiger partial charge in [-0.05, 0) is 37.7 Å². The number of aromatic amines is 1. The van der Waals surface area contributed by atoms with Gasteiger partial charge in [0.1, 0.15) is 17.8 Å². The number of carbonyl (C=O) groups excluding carboxylic acids is 1. The molecule has 30 heavy (non-hydrogen) atoms. The smallest absolute Gasteiger partial charge is 0.329 e. The molecular weight excluding hydrogens is 404 g/mol. The number of nitrogens with zero attached hydrogens (tertiary/aromatic N) is 6. The number of nitrogens with one attached hydrogen (secondary N) is 2. The highest BCUT2D eigenvalue weighted by Crippen LogP contribution is 2.42. The van der Waals surface area contributed by atoms with Crippen molar-refractivity contribution in [3.8, 4) is 6.01 Å². The van der Waals surface area contributed by atoms with Crippen molar-refractivity contribution < 1.29 is 9.53 Å². The van der Waals surface area contributed by atoms with Crippen LogP contribution < -0.4 is 15.0 Å². The normalized spacial score (nSPS) is 23.0. The fourth-order valence-corrected chi connectivity index (χ4v) is 5.40. The van der Waals surface area contributed by atoms with Crippen LogP contribution in [0.5, 0.6) is 6.01 Å². The summed E-state index contributed by atoms with van der Waals surface area (Å²) in [7, 11) is 1.51. The molecule has 1 aliphatic carbocycles. The van der Waals surface area contributed by atoms with Crippen LogP contribution in [-0.4, -0.2) is 68.0 Å². The predicted molar refractivity (Wildman–Crippen MR) is 114 cm³/mol. The highest BCUT2D eigenvalue weighted by atomic mass is 32.1. The van der Waals surface area contributed by atoms with E-state index in [1.807, 2.05) is 17.2 Å². The minimum Gasteiger partial charge on any atom is -0.466 e. The summed E-state index contributed by atoms with van der Waals surface area (Å²) in [4.78, 5) is 33.1. The molecule has 2 amide bonds. The van der Waals surface area contributed by atoms with Gasteiger partial charge in [0.15, 0.2) is 0 Å². The third-order valence-electron chi connectivity index (χ3n) is 6.20. The van der Waals surface area contributed by atoms with E-state index in [-0.39, 0.29) is 12.0 Å². The topological polar surface area (TPSA) is 112 Å². The molecule has 1 saturated carbocycles. The highest BCUT2D eigenvalue weighted by Gasteiger charge is 2.44. The molecule has 3 aromatic rings. The molecule has 2 N–H and O–H groups in total. The molecule has 0 radical (unpaired) electrons. The first-order valence-electron chi connectivity index (χ1n) is 10.1. The Morgan fingerprint density at radius 2 is 2.17 bits per heavy atom. The molecule has 10 nitrogen and oxygen atoms in total.